The lowest BCUT2D eigenvalue weighted by Gasteiger charge is -2.42. The van der Waals surface area contributed by atoms with Crippen molar-refractivity contribution < 1.29 is 0 Å². The molecule has 1 aliphatic heterocycles. The number of nitrogens with zero attached hydrogens (tertiary/aromatic N) is 1. The van der Waals surface area contributed by atoms with Crippen LogP contribution in [-0.2, 0) is 6.42 Å². The predicted molar refractivity (Wildman–Crippen MR) is 121 cm³/mol. The first kappa shape index (κ1) is 19.6. The lowest BCUT2D eigenvalue weighted by atomic mass is 9.85. The van der Waals surface area contributed by atoms with Gasteiger partial charge in [-0.05, 0) is 72.7 Å². The molecule has 0 N–H and O–H groups in total. The summed E-state index contributed by atoms with van der Waals surface area (Å²) in [6.07, 6.45) is 3.32. The Labute approximate surface area is 181 Å². The molecule has 144 valence electrons. The van der Waals surface area contributed by atoms with Gasteiger partial charge in [0.25, 0.3) is 0 Å². The van der Waals surface area contributed by atoms with Crippen LogP contribution in [0.25, 0.3) is 0 Å². The number of piperidine rings is 1. The normalized spacial score (nSPS) is 19.6. The SMILES string of the molecule is Clc1ccc(N2C[C@@H](Cc3ccccc3)CCC2c2ccc(Cl)cc2Cl)cc1. The van der Waals surface area contributed by atoms with Crippen LogP contribution in [0.5, 0.6) is 0 Å². The molecule has 0 aliphatic carbocycles. The van der Waals surface area contributed by atoms with Gasteiger partial charge in [0.2, 0.25) is 0 Å². The minimum Gasteiger partial charge on any atom is -0.364 e. The average molecular weight is 431 g/mol. The third-order valence-corrected chi connectivity index (χ3v) is 6.34. The van der Waals surface area contributed by atoms with Crippen molar-refractivity contribution in [3.63, 3.8) is 0 Å². The Bertz CT molecular complexity index is 924. The molecule has 0 spiro atoms. The highest BCUT2D eigenvalue weighted by molar-refractivity contribution is 6.35. The van der Waals surface area contributed by atoms with Crippen molar-refractivity contribution in [3.8, 4) is 0 Å². The van der Waals surface area contributed by atoms with E-state index in [-0.39, 0.29) is 6.04 Å². The molecule has 0 bridgehead atoms. The Morgan fingerprint density at radius 2 is 1.50 bits per heavy atom. The largest absolute Gasteiger partial charge is 0.364 e. The summed E-state index contributed by atoms with van der Waals surface area (Å²) in [5, 5.41) is 2.16. The summed E-state index contributed by atoms with van der Waals surface area (Å²) in [5.74, 6) is 0.598. The van der Waals surface area contributed by atoms with Crippen molar-refractivity contribution in [2.45, 2.75) is 25.3 Å². The molecule has 1 fully saturated rings. The molecule has 3 aromatic rings. The highest BCUT2D eigenvalue weighted by Crippen LogP contribution is 2.41. The third kappa shape index (κ3) is 4.49. The summed E-state index contributed by atoms with van der Waals surface area (Å²) in [7, 11) is 0. The van der Waals surface area contributed by atoms with E-state index in [4.69, 9.17) is 34.8 Å². The van der Waals surface area contributed by atoms with Gasteiger partial charge in [-0.2, -0.15) is 0 Å². The van der Waals surface area contributed by atoms with E-state index < -0.39 is 0 Å². The molecular weight excluding hydrogens is 409 g/mol. The molecule has 0 aromatic heterocycles. The first-order valence-corrected chi connectivity index (χ1v) is 10.7. The lowest BCUT2D eigenvalue weighted by molar-refractivity contribution is 0.358. The van der Waals surface area contributed by atoms with Crippen LogP contribution in [0, 0.1) is 5.92 Å². The Hall–Kier alpha value is -1.67. The van der Waals surface area contributed by atoms with Crippen molar-refractivity contribution in [2.24, 2.45) is 5.92 Å². The molecule has 0 saturated carbocycles. The molecule has 0 radical (unpaired) electrons. The number of hydrogen-bond acceptors (Lipinski definition) is 1. The van der Waals surface area contributed by atoms with Crippen LogP contribution < -0.4 is 4.90 Å². The second-order valence-electron chi connectivity index (χ2n) is 7.44. The second-order valence-corrected chi connectivity index (χ2v) is 8.72. The Morgan fingerprint density at radius 3 is 2.21 bits per heavy atom. The van der Waals surface area contributed by atoms with Crippen LogP contribution in [0.3, 0.4) is 0 Å². The summed E-state index contributed by atoms with van der Waals surface area (Å²) in [4.78, 5) is 2.47. The van der Waals surface area contributed by atoms with Gasteiger partial charge in [0, 0.05) is 27.3 Å². The van der Waals surface area contributed by atoms with Crippen molar-refractivity contribution in [2.75, 3.05) is 11.4 Å². The van der Waals surface area contributed by atoms with Crippen LogP contribution in [-0.4, -0.2) is 6.54 Å². The lowest BCUT2D eigenvalue weighted by Crippen LogP contribution is -2.39. The van der Waals surface area contributed by atoms with Gasteiger partial charge in [0.15, 0.2) is 0 Å². The van der Waals surface area contributed by atoms with Crippen LogP contribution in [0.4, 0.5) is 5.69 Å². The third-order valence-electron chi connectivity index (χ3n) is 5.53. The number of rotatable bonds is 4. The highest BCUT2D eigenvalue weighted by Gasteiger charge is 2.31. The van der Waals surface area contributed by atoms with Crippen LogP contribution >= 0.6 is 34.8 Å². The predicted octanol–water partition coefficient (Wildman–Crippen LogP) is 7.85. The number of hydrogen-bond donors (Lipinski definition) is 0. The Kier molecular flexibility index (Phi) is 6.16. The average Bonchev–Trinajstić information content (AvgIpc) is 2.70. The van der Waals surface area contributed by atoms with Crippen LogP contribution in [0.2, 0.25) is 15.1 Å². The first-order valence-electron chi connectivity index (χ1n) is 9.61. The molecule has 0 amide bonds. The maximum Gasteiger partial charge on any atom is 0.0557 e. The zero-order valence-corrected chi connectivity index (χ0v) is 17.8. The van der Waals surface area contributed by atoms with E-state index in [1.807, 2.05) is 24.3 Å². The summed E-state index contributed by atoms with van der Waals surface area (Å²) in [6, 6.07) is 24.9. The van der Waals surface area contributed by atoms with Crippen LogP contribution in [0.1, 0.15) is 30.0 Å². The van der Waals surface area contributed by atoms with Gasteiger partial charge in [-0.25, -0.2) is 0 Å². The first-order chi connectivity index (χ1) is 13.6. The summed E-state index contributed by atoms with van der Waals surface area (Å²) >= 11 is 18.8. The molecule has 3 aromatic carbocycles. The molecule has 1 unspecified atom stereocenters. The molecule has 1 saturated heterocycles. The van der Waals surface area contributed by atoms with Crippen molar-refractivity contribution in [1.29, 1.82) is 0 Å². The quantitative estimate of drug-likeness (QED) is 0.407. The van der Waals surface area contributed by atoms with E-state index in [0.29, 0.717) is 10.9 Å². The summed E-state index contributed by atoms with van der Waals surface area (Å²) in [6.45, 7) is 0.986. The fourth-order valence-electron chi connectivity index (χ4n) is 4.17. The molecule has 4 heteroatoms. The second kappa shape index (κ2) is 8.78. The van der Waals surface area contributed by atoms with Crippen molar-refractivity contribution >= 4 is 40.5 Å². The Morgan fingerprint density at radius 1 is 0.786 bits per heavy atom. The van der Waals surface area contributed by atoms with Crippen LogP contribution in [0.15, 0.2) is 72.8 Å². The van der Waals surface area contributed by atoms with Gasteiger partial charge in [-0.15, -0.1) is 0 Å². The van der Waals surface area contributed by atoms with E-state index in [1.165, 1.54) is 17.7 Å². The number of benzene rings is 3. The minimum atomic E-state index is 0.234. The maximum atomic E-state index is 6.57. The smallest absolute Gasteiger partial charge is 0.0557 e. The number of halogens is 3. The van der Waals surface area contributed by atoms with Gasteiger partial charge >= 0.3 is 0 Å². The standard InChI is InChI=1S/C24H22Cl3N/c25-19-7-10-21(11-8-19)28-16-18(14-17-4-2-1-3-5-17)6-13-24(28)22-12-9-20(26)15-23(22)27/h1-5,7-12,15,18,24H,6,13-14,16H2/t18-,24?/m1/s1. The molecule has 2 atom stereocenters. The van der Waals surface area contributed by atoms with Crippen molar-refractivity contribution in [3.05, 3.63) is 99.0 Å². The van der Waals surface area contributed by atoms with E-state index in [0.717, 1.165) is 35.0 Å². The van der Waals surface area contributed by atoms with E-state index in [1.54, 1.807) is 0 Å². The van der Waals surface area contributed by atoms with E-state index in [9.17, 15) is 0 Å². The molecular formula is C24H22Cl3N. The molecule has 4 rings (SSSR count). The maximum absolute atomic E-state index is 6.57. The van der Waals surface area contributed by atoms with Gasteiger partial charge in [0.1, 0.15) is 0 Å². The van der Waals surface area contributed by atoms with Gasteiger partial charge in [0.05, 0.1) is 6.04 Å². The molecule has 28 heavy (non-hydrogen) atoms. The fraction of sp³-hybridized carbons (Fsp3) is 0.250. The summed E-state index contributed by atoms with van der Waals surface area (Å²) in [5.41, 5.74) is 3.71. The highest BCUT2D eigenvalue weighted by atomic mass is 35.5. The van der Waals surface area contributed by atoms with Crippen molar-refractivity contribution in [1.82, 2.24) is 0 Å². The summed E-state index contributed by atoms with van der Waals surface area (Å²) < 4.78 is 0. The topological polar surface area (TPSA) is 3.24 Å². The van der Waals surface area contributed by atoms with Gasteiger partial charge < -0.3 is 4.90 Å². The zero-order valence-electron chi connectivity index (χ0n) is 15.5. The fourth-order valence-corrected chi connectivity index (χ4v) is 4.83. The zero-order chi connectivity index (χ0) is 19.5. The number of anilines is 1. The monoisotopic (exact) mass is 429 g/mol. The molecule has 1 aliphatic rings. The minimum absolute atomic E-state index is 0.234. The van der Waals surface area contributed by atoms with Gasteiger partial charge in [-0.1, -0.05) is 71.2 Å². The Balaban J connectivity index is 1.63. The van der Waals surface area contributed by atoms with E-state index in [2.05, 4.69) is 53.4 Å². The molecule has 1 nitrogen and oxygen atoms in total. The van der Waals surface area contributed by atoms with E-state index >= 15 is 0 Å². The van der Waals surface area contributed by atoms with Gasteiger partial charge in [-0.3, -0.25) is 0 Å². The molecule has 1 heterocycles.